The van der Waals surface area contributed by atoms with Crippen LogP contribution in [-0.2, 0) is 32.7 Å². The van der Waals surface area contributed by atoms with Crippen molar-refractivity contribution in [2.75, 3.05) is 12.0 Å². The number of aryl methyl sites for hydroxylation is 1. The number of ether oxygens (including phenoxy) is 1. The lowest BCUT2D eigenvalue weighted by Crippen LogP contribution is -2.31. The lowest BCUT2D eigenvalue weighted by atomic mass is 9.76. The molecule has 49 heavy (non-hydrogen) atoms. The number of benzene rings is 3. The summed E-state index contributed by atoms with van der Waals surface area (Å²) < 4.78 is 113. The van der Waals surface area contributed by atoms with Crippen LogP contribution in [-0.4, -0.2) is 31.0 Å². The molecule has 2 atom stereocenters. The van der Waals surface area contributed by atoms with Crippen LogP contribution in [0, 0.1) is 12.8 Å². The molecule has 262 valence electrons. The molecule has 1 aromatic heterocycles. The second-order valence-corrected chi connectivity index (χ2v) is 13.7. The molecule has 0 bridgehead atoms. The zero-order chi connectivity index (χ0) is 36.4. The van der Waals surface area contributed by atoms with E-state index in [2.05, 4.69) is 4.98 Å². The zero-order valence-electron chi connectivity index (χ0n) is 26.9. The molecule has 0 saturated carbocycles. The molecule has 1 fully saturated rings. The first kappa shape index (κ1) is 37.4. The summed E-state index contributed by atoms with van der Waals surface area (Å²) in [7, 11) is -2.51. The van der Waals surface area contributed by atoms with Crippen molar-refractivity contribution in [1.82, 2.24) is 4.98 Å². The molecular formula is C35H34F6N2O5S. The molecular weight excluding hydrogens is 674 g/mol. The maximum atomic E-state index is 13.7. The van der Waals surface area contributed by atoms with Crippen LogP contribution in [0.5, 0.6) is 5.75 Å². The number of aromatic nitrogens is 1. The van der Waals surface area contributed by atoms with E-state index < -0.39 is 51.1 Å². The van der Waals surface area contributed by atoms with Crippen molar-refractivity contribution in [2.24, 2.45) is 5.92 Å². The SMILES string of the molecule is COc1cccc([C@H]2C[C@H](CC(C)(C)c3ccc(C(F)(F)F)nc3)C(=O)N2c2ccc(C(F)(F)F)cc2)c1.Cc1ccc(S(=O)(=O)O)cc1. The van der Waals surface area contributed by atoms with Gasteiger partial charge in [0.15, 0.2) is 0 Å². The summed E-state index contributed by atoms with van der Waals surface area (Å²) in [4.78, 5) is 18.7. The van der Waals surface area contributed by atoms with Crippen LogP contribution >= 0.6 is 0 Å². The molecule has 0 aliphatic carbocycles. The van der Waals surface area contributed by atoms with E-state index in [4.69, 9.17) is 9.29 Å². The largest absolute Gasteiger partial charge is 0.497 e. The molecule has 2 heterocycles. The minimum atomic E-state index is -4.56. The first-order chi connectivity index (χ1) is 22.7. The van der Waals surface area contributed by atoms with Crippen molar-refractivity contribution in [3.8, 4) is 5.75 Å². The van der Waals surface area contributed by atoms with E-state index in [-0.39, 0.29) is 10.8 Å². The van der Waals surface area contributed by atoms with Gasteiger partial charge in [-0.3, -0.25) is 14.3 Å². The highest BCUT2D eigenvalue weighted by molar-refractivity contribution is 7.85. The third-order valence-corrected chi connectivity index (χ3v) is 9.14. The van der Waals surface area contributed by atoms with Crippen LogP contribution < -0.4 is 9.64 Å². The fourth-order valence-corrected chi connectivity index (χ4v) is 6.13. The van der Waals surface area contributed by atoms with Gasteiger partial charge in [0.25, 0.3) is 10.1 Å². The highest BCUT2D eigenvalue weighted by Gasteiger charge is 2.44. The van der Waals surface area contributed by atoms with E-state index >= 15 is 0 Å². The Morgan fingerprint density at radius 1 is 0.878 bits per heavy atom. The van der Waals surface area contributed by atoms with Crippen molar-refractivity contribution in [3.63, 3.8) is 0 Å². The summed E-state index contributed by atoms with van der Waals surface area (Å²) in [6.07, 6.45) is -7.23. The number of rotatable bonds is 7. The Balaban J connectivity index is 0.000000418. The molecule has 4 aromatic rings. The Morgan fingerprint density at radius 2 is 1.49 bits per heavy atom. The molecule has 1 aliphatic heterocycles. The van der Waals surface area contributed by atoms with Crippen molar-refractivity contribution >= 4 is 21.7 Å². The number of carbonyl (C=O) groups excluding carboxylic acids is 1. The smallest absolute Gasteiger partial charge is 0.433 e. The van der Waals surface area contributed by atoms with Crippen LogP contribution in [0.15, 0.2) is 96.0 Å². The molecule has 0 radical (unpaired) electrons. The van der Waals surface area contributed by atoms with Gasteiger partial charge >= 0.3 is 12.4 Å². The average molecular weight is 709 g/mol. The Hall–Kier alpha value is -4.43. The number of carbonyl (C=O) groups is 1. The van der Waals surface area contributed by atoms with Gasteiger partial charge < -0.3 is 9.64 Å². The van der Waals surface area contributed by atoms with Gasteiger partial charge in [0.05, 0.1) is 23.6 Å². The molecule has 5 rings (SSSR count). The molecule has 7 nitrogen and oxygen atoms in total. The van der Waals surface area contributed by atoms with Crippen LogP contribution in [0.4, 0.5) is 32.0 Å². The number of methoxy groups -OCH3 is 1. The van der Waals surface area contributed by atoms with E-state index in [1.165, 1.54) is 48.5 Å². The van der Waals surface area contributed by atoms with Crippen LogP contribution in [0.1, 0.15) is 60.7 Å². The number of hydrogen-bond donors (Lipinski definition) is 1. The standard InChI is InChI=1S/C28H26F6N2O2.C7H8O3S/c1-26(2,20-9-12-24(35-16-20)28(32,33)34)15-18-14-23(17-5-4-6-22(13-17)38-3)36(25(18)37)21-10-7-19(8-11-21)27(29,30)31;1-6-2-4-7(5-3-6)11(8,9)10/h4-13,16,18,23H,14-15H2,1-3H3;2-5H,1H3,(H,8,9,10)/t18-,23-;/m1./s1. The quantitative estimate of drug-likeness (QED) is 0.152. The summed E-state index contributed by atoms with van der Waals surface area (Å²) >= 11 is 0. The van der Waals surface area contributed by atoms with E-state index in [0.717, 1.165) is 29.3 Å². The van der Waals surface area contributed by atoms with E-state index in [1.54, 1.807) is 30.3 Å². The Kier molecular flexibility index (Phi) is 10.8. The van der Waals surface area contributed by atoms with Gasteiger partial charge in [0.1, 0.15) is 11.4 Å². The van der Waals surface area contributed by atoms with Crippen molar-refractivity contribution in [2.45, 2.75) is 62.3 Å². The third-order valence-electron chi connectivity index (χ3n) is 8.27. The van der Waals surface area contributed by atoms with E-state index in [1.807, 2.05) is 26.8 Å². The highest BCUT2D eigenvalue weighted by Crippen LogP contribution is 2.45. The van der Waals surface area contributed by atoms with Gasteiger partial charge in [-0.25, -0.2) is 0 Å². The van der Waals surface area contributed by atoms with E-state index in [0.29, 0.717) is 29.8 Å². The first-order valence-corrected chi connectivity index (χ1v) is 16.4. The topological polar surface area (TPSA) is 96.8 Å². The fraction of sp³-hybridized carbons (Fsp3) is 0.314. The molecule has 14 heteroatoms. The number of anilines is 1. The van der Waals surface area contributed by atoms with Crippen LogP contribution in [0.3, 0.4) is 0 Å². The van der Waals surface area contributed by atoms with Gasteiger partial charge in [-0.15, -0.1) is 0 Å². The molecule has 1 aliphatic rings. The summed E-state index contributed by atoms with van der Waals surface area (Å²) in [6, 6.07) is 19.4. The lowest BCUT2D eigenvalue weighted by Gasteiger charge is -2.28. The van der Waals surface area contributed by atoms with Crippen molar-refractivity contribution < 1.29 is 48.8 Å². The van der Waals surface area contributed by atoms with Gasteiger partial charge in [0, 0.05) is 17.8 Å². The summed E-state index contributed by atoms with van der Waals surface area (Å²) in [5.74, 6) is -0.238. The highest BCUT2D eigenvalue weighted by atomic mass is 32.2. The third kappa shape index (κ3) is 9.18. The maximum Gasteiger partial charge on any atom is 0.433 e. The number of halogens is 6. The normalized spacial score (nSPS) is 17.0. The second kappa shape index (κ2) is 14.2. The van der Waals surface area contributed by atoms with Crippen LogP contribution in [0.25, 0.3) is 0 Å². The van der Waals surface area contributed by atoms with Gasteiger partial charge in [0.2, 0.25) is 5.91 Å². The summed E-state index contributed by atoms with van der Waals surface area (Å²) in [5, 5.41) is 0. The average Bonchev–Trinajstić information content (AvgIpc) is 3.35. The van der Waals surface area contributed by atoms with E-state index in [9.17, 15) is 39.6 Å². The molecule has 1 N–H and O–H groups in total. The number of alkyl halides is 6. The molecule has 1 saturated heterocycles. The van der Waals surface area contributed by atoms with Crippen molar-refractivity contribution in [1.29, 1.82) is 0 Å². The molecule has 0 spiro atoms. The molecule has 0 unspecified atom stereocenters. The second-order valence-electron chi connectivity index (χ2n) is 12.3. The van der Waals surface area contributed by atoms with Crippen molar-refractivity contribution in [3.05, 3.63) is 119 Å². The first-order valence-electron chi connectivity index (χ1n) is 14.9. The minimum Gasteiger partial charge on any atom is -0.497 e. The number of pyridine rings is 1. The molecule has 1 amide bonds. The summed E-state index contributed by atoms with van der Waals surface area (Å²) in [6.45, 7) is 5.49. The summed E-state index contributed by atoms with van der Waals surface area (Å²) in [5.41, 5.74) is 0.0638. The maximum absolute atomic E-state index is 13.7. The van der Waals surface area contributed by atoms with Gasteiger partial charge in [-0.2, -0.15) is 34.8 Å². The van der Waals surface area contributed by atoms with Crippen LogP contribution in [0.2, 0.25) is 0 Å². The number of nitrogens with zero attached hydrogens (tertiary/aromatic N) is 2. The number of amides is 1. The molecule has 3 aromatic carbocycles. The van der Waals surface area contributed by atoms with Gasteiger partial charge in [-0.1, -0.05) is 49.7 Å². The van der Waals surface area contributed by atoms with Gasteiger partial charge in [-0.05, 0) is 90.9 Å². The minimum absolute atomic E-state index is 0.0666. The fourth-order valence-electron chi connectivity index (χ4n) is 5.65. The Bertz CT molecular complexity index is 1860. The Morgan fingerprint density at radius 3 is 2.00 bits per heavy atom. The zero-order valence-corrected chi connectivity index (χ0v) is 27.7. The Labute approximate surface area is 280 Å². The lowest BCUT2D eigenvalue weighted by molar-refractivity contribution is -0.141. The monoisotopic (exact) mass is 708 g/mol. The number of hydrogen-bond acceptors (Lipinski definition) is 5. The predicted octanol–water partition coefficient (Wildman–Crippen LogP) is 8.83. The predicted molar refractivity (Wildman–Crippen MR) is 171 cm³/mol.